The Morgan fingerprint density at radius 2 is 2.05 bits per heavy atom. The zero-order chi connectivity index (χ0) is 15.0. The van der Waals surface area contributed by atoms with E-state index in [1.807, 2.05) is 0 Å². The van der Waals surface area contributed by atoms with Crippen molar-refractivity contribution >= 4 is 23.4 Å². The van der Waals surface area contributed by atoms with Gasteiger partial charge in [0.1, 0.15) is 5.82 Å². The van der Waals surface area contributed by atoms with Crippen LogP contribution in [0.2, 0.25) is 5.02 Å². The van der Waals surface area contributed by atoms with E-state index >= 15 is 0 Å². The molecular weight excluding hydrogens is 295 g/mol. The first-order chi connectivity index (χ1) is 9.99. The summed E-state index contributed by atoms with van der Waals surface area (Å²) < 4.78 is 13.8. The summed E-state index contributed by atoms with van der Waals surface area (Å²) >= 11 is 5.70. The Labute approximate surface area is 127 Å². The first-order valence-corrected chi connectivity index (χ1v) is 7.38. The largest absolute Gasteiger partial charge is 0.356 e. The number of hydrogen-bond acceptors (Lipinski definition) is 2. The standard InChI is InChI=1S/C15H16ClFN2O2/c16-10-1-2-11(12(17)7-10)14(21)19-5-3-15(4-6-19)8-13(20)18-9-15/h1-2,7H,3-6,8-9H2,(H,18,20). The number of carbonyl (C=O) groups is 2. The Balaban J connectivity index is 1.69. The Hall–Kier alpha value is -1.62. The van der Waals surface area contributed by atoms with Gasteiger partial charge in [-0.3, -0.25) is 9.59 Å². The molecular formula is C15H16ClFN2O2. The molecule has 6 heteroatoms. The summed E-state index contributed by atoms with van der Waals surface area (Å²) in [6.07, 6.45) is 2.07. The number of piperidine rings is 1. The van der Waals surface area contributed by atoms with Crippen LogP contribution in [0.4, 0.5) is 4.39 Å². The third-order valence-electron chi connectivity index (χ3n) is 4.47. The Bertz CT molecular complexity index is 597. The van der Waals surface area contributed by atoms with E-state index in [9.17, 15) is 14.0 Å². The van der Waals surface area contributed by atoms with Crippen LogP contribution in [0, 0.1) is 11.2 Å². The molecule has 0 aliphatic carbocycles. The minimum atomic E-state index is -0.592. The predicted molar refractivity (Wildman–Crippen MR) is 76.6 cm³/mol. The summed E-state index contributed by atoms with van der Waals surface area (Å²) in [5.41, 5.74) is 0.0304. The van der Waals surface area contributed by atoms with Crippen LogP contribution in [0.25, 0.3) is 0 Å². The zero-order valence-electron chi connectivity index (χ0n) is 11.5. The van der Waals surface area contributed by atoms with E-state index in [0.717, 1.165) is 18.9 Å². The second kappa shape index (κ2) is 5.30. The van der Waals surface area contributed by atoms with Gasteiger partial charge < -0.3 is 10.2 Å². The van der Waals surface area contributed by atoms with Gasteiger partial charge in [-0.2, -0.15) is 0 Å². The van der Waals surface area contributed by atoms with Crippen molar-refractivity contribution < 1.29 is 14.0 Å². The second-order valence-electron chi connectivity index (χ2n) is 5.87. The molecule has 2 fully saturated rings. The fourth-order valence-electron chi connectivity index (χ4n) is 3.12. The number of halogens is 2. The van der Waals surface area contributed by atoms with Gasteiger partial charge in [0, 0.05) is 31.1 Å². The highest BCUT2D eigenvalue weighted by Gasteiger charge is 2.41. The van der Waals surface area contributed by atoms with Crippen molar-refractivity contribution in [3.63, 3.8) is 0 Å². The summed E-state index contributed by atoms with van der Waals surface area (Å²) in [5.74, 6) is -0.819. The lowest BCUT2D eigenvalue weighted by Gasteiger charge is -2.38. The highest BCUT2D eigenvalue weighted by molar-refractivity contribution is 6.30. The number of hydrogen-bond donors (Lipinski definition) is 1. The Kier molecular flexibility index (Phi) is 3.61. The lowest BCUT2D eigenvalue weighted by Crippen LogP contribution is -2.44. The van der Waals surface area contributed by atoms with Gasteiger partial charge in [-0.05, 0) is 36.5 Å². The molecule has 21 heavy (non-hydrogen) atoms. The zero-order valence-corrected chi connectivity index (χ0v) is 12.3. The summed E-state index contributed by atoms with van der Waals surface area (Å²) in [6, 6.07) is 4.09. The smallest absolute Gasteiger partial charge is 0.256 e. The first-order valence-electron chi connectivity index (χ1n) is 7.00. The van der Waals surface area contributed by atoms with Crippen LogP contribution >= 0.6 is 11.6 Å². The Morgan fingerprint density at radius 3 is 2.62 bits per heavy atom. The van der Waals surface area contributed by atoms with Crippen LogP contribution < -0.4 is 5.32 Å². The van der Waals surface area contributed by atoms with Crippen molar-refractivity contribution in [3.05, 3.63) is 34.6 Å². The average molecular weight is 311 g/mol. The molecule has 0 aromatic heterocycles. The summed E-state index contributed by atoms with van der Waals surface area (Å²) in [5, 5.41) is 3.13. The van der Waals surface area contributed by atoms with Crippen molar-refractivity contribution in [2.75, 3.05) is 19.6 Å². The SMILES string of the molecule is O=C1CC2(CCN(C(=O)c3ccc(Cl)cc3F)CC2)CN1. The maximum absolute atomic E-state index is 13.8. The molecule has 0 bridgehead atoms. The van der Waals surface area contributed by atoms with Gasteiger partial charge in [-0.1, -0.05) is 11.6 Å². The van der Waals surface area contributed by atoms with E-state index in [4.69, 9.17) is 11.6 Å². The van der Waals surface area contributed by atoms with E-state index < -0.39 is 5.82 Å². The molecule has 2 heterocycles. The highest BCUT2D eigenvalue weighted by Crippen LogP contribution is 2.37. The second-order valence-corrected chi connectivity index (χ2v) is 6.31. The van der Waals surface area contributed by atoms with Crippen molar-refractivity contribution in [3.8, 4) is 0 Å². The number of carbonyl (C=O) groups excluding carboxylic acids is 2. The summed E-state index contributed by atoms with van der Waals surface area (Å²) in [4.78, 5) is 25.4. The van der Waals surface area contributed by atoms with Gasteiger partial charge in [0.05, 0.1) is 5.56 Å². The molecule has 1 aromatic carbocycles. The van der Waals surface area contributed by atoms with Gasteiger partial charge in [-0.15, -0.1) is 0 Å². The van der Waals surface area contributed by atoms with Gasteiger partial charge in [0.2, 0.25) is 5.91 Å². The lowest BCUT2D eigenvalue weighted by atomic mass is 9.77. The van der Waals surface area contributed by atoms with Crippen molar-refractivity contribution in [2.45, 2.75) is 19.3 Å². The molecule has 2 saturated heterocycles. The maximum Gasteiger partial charge on any atom is 0.256 e. The number of rotatable bonds is 1. The van der Waals surface area contributed by atoms with Gasteiger partial charge >= 0.3 is 0 Å². The lowest BCUT2D eigenvalue weighted by molar-refractivity contribution is -0.119. The first kappa shape index (κ1) is 14.3. The van der Waals surface area contributed by atoms with E-state index in [1.54, 1.807) is 4.90 Å². The third kappa shape index (κ3) is 2.75. The van der Waals surface area contributed by atoms with Crippen LogP contribution in [0.15, 0.2) is 18.2 Å². The van der Waals surface area contributed by atoms with Crippen LogP contribution in [0.3, 0.4) is 0 Å². The highest BCUT2D eigenvalue weighted by atomic mass is 35.5. The number of nitrogens with zero attached hydrogens (tertiary/aromatic N) is 1. The fraction of sp³-hybridized carbons (Fsp3) is 0.467. The molecule has 0 atom stereocenters. The number of amides is 2. The molecule has 1 N–H and O–H groups in total. The van der Waals surface area contributed by atoms with Crippen LogP contribution in [0.5, 0.6) is 0 Å². The third-order valence-corrected chi connectivity index (χ3v) is 4.70. The monoisotopic (exact) mass is 310 g/mol. The normalized spacial score (nSPS) is 20.7. The molecule has 2 aliphatic rings. The molecule has 1 aromatic rings. The minimum Gasteiger partial charge on any atom is -0.356 e. The topological polar surface area (TPSA) is 49.4 Å². The molecule has 112 valence electrons. The van der Waals surface area contributed by atoms with Crippen LogP contribution in [-0.4, -0.2) is 36.3 Å². The molecule has 2 aliphatic heterocycles. The molecule has 3 rings (SSSR count). The van der Waals surface area contributed by atoms with Crippen molar-refractivity contribution in [1.29, 1.82) is 0 Å². The number of benzene rings is 1. The minimum absolute atomic E-state index is 0.0214. The Morgan fingerprint density at radius 1 is 1.33 bits per heavy atom. The number of nitrogens with one attached hydrogen (secondary N) is 1. The van der Waals surface area contributed by atoms with E-state index in [1.165, 1.54) is 12.1 Å². The van der Waals surface area contributed by atoms with Crippen LogP contribution in [0.1, 0.15) is 29.6 Å². The molecule has 2 amide bonds. The maximum atomic E-state index is 13.8. The quantitative estimate of drug-likeness (QED) is 0.864. The average Bonchev–Trinajstić information content (AvgIpc) is 2.80. The van der Waals surface area contributed by atoms with Crippen LogP contribution in [-0.2, 0) is 4.79 Å². The summed E-state index contributed by atoms with van der Waals surface area (Å²) in [6.45, 7) is 1.79. The van der Waals surface area contributed by atoms with Gasteiger partial charge in [0.15, 0.2) is 0 Å². The van der Waals surface area contributed by atoms with Gasteiger partial charge in [-0.25, -0.2) is 4.39 Å². The van der Waals surface area contributed by atoms with E-state index in [2.05, 4.69) is 5.32 Å². The summed E-state index contributed by atoms with van der Waals surface area (Å²) in [7, 11) is 0. The molecule has 0 radical (unpaired) electrons. The molecule has 0 unspecified atom stereocenters. The number of likely N-dealkylation sites (tertiary alicyclic amines) is 1. The van der Waals surface area contributed by atoms with Crippen molar-refractivity contribution in [2.24, 2.45) is 5.41 Å². The fourth-order valence-corrected chi connectivity index (χ4v) is 3.28. The van der Waals surface area contributed by atoms with Gasteiger partial charge in [0.25, 0.3) is 5.91 Å². The molecule has 4 nitrogen and oxygen atoms in total. The predicted octanol–water partition coefficient (Wildman–Crippen LogP) is 2.22. The molecule has 0 saturated carbocycles. The van der Waals surface area contributed by atoms with E-state index in [0.29, 0.717) is 26.1 Å². The molecule has 1 spiro atoms. The van der Waals surface area contributed by atoms with E-state index in [-0.39, 0.29) is 27.8 Å². The van der Waals surface area contributed by atoms with Crippen molar-refractivity contribution in [1.82, 2.24) is 10.2 Å².